The third-order valence-corrected chi connectivity index (χ3v) is 5.87. The van der Waals surface area contributed by atoms with Crippen LogP contribution >= 0.6 is 0 Å². The average molecular weight is 330 g/mol. The summed E-state index contributed by atoms with van der Waals surface area (Å²) < 4.78 is 5.50. The molecule has 3 rings (SSSR count). The number of benzene rings is 1. The Hall–Kier alpha value is -1.55. The van der Waals surface area contributed by atoms with Crippen LogP contribution in [0.4, 0.5) is 4.79 Å². The van der Waals surface area contributed by atoms with Crippen molar-refractivity contribution in [2.45, 2.75) is 63.8 Å². The first-order chi connectivity index (χ1) is 11.5. The fraction of sp³-hybridized carbons (Fsp3) is 0.650. The SMILES string of the molecule is CCCCCCNC(=O)Oc1ccc2c(c1)[C@@]1(C)CCN(C)[C@H]1C2. The first kappa shape index (κ1) is 17.3. The van der Waals surface area contributed by atoms with Crippen LogP contribution in [0, 0.1) is 0 Å². The number of carbonyl (C=O) groups is 1. The molecule has 0 saturated carbocycles. The minimum Gasteiger partial charge on any atom is -0.410 e. The zero-order valence-electron chi connectivity index (χ0n) is 15.2. The van der Waals surface area contributed by atoms with Crippen molar-refractivity contribution in [1.82, 2.24) is 10.2 Å². The number of nitrogens with one attached hydrogen (secondary N) is 1. The predicted molar refractivity (Wildman–Crippen MR) is 96.7 cm³/mol. The maximum absolute atomic E-state index is 12.0. The molecule has 24 heavy (non-hydrogen) atoms. The van der Waals surface area contributed by atoms with Crippen LogP contribution in [0.3, 0.4) is 0 Å². The number of carbonyl (C=O) groups excluding carboxylic acids is 1. The Morgan fingerprint density at radius 1 is 1.38 bits per heavy atom. The monoisotopic (exact) mass is 330 g/mol. The zero-order chi connectivity index (χ0) is 17.2. The number of nitrogens with zero attached hydrogens (tertiary/aromatic N) is 1. The van der Waals surface area contributed by atoms with Crippen LogP contribution in [0.25, 0.3) is 0 Å². The molecule has 2 atom stereocenters. The van der Waals surface area contributed by atoms with Crippen LogP contribution < -0.4 is 10.1 Å². The third kappa shape index (κ3) is 3.30. The maximum atomic E-state index is 12.0. The first-order valence-electron chi connectivity index (χ1n) is 9.34. The number of ether oxygens (including phenoxy) is 1. The highest BCUT2D eigenvalue weighted by Gasteiger charge is 2.49. The summed E-state index contributed by atoms with van der Waals surface area (Å²) in [4.78, 5) is 14.4. The van der Waals surface area contributed by atoms with Gasteiger partial charge in [-0.1, -0.05) is 39.2 Å². The van der Waals surface area contributed by atoms with Crippen molar-refractivity contribution in [1.29, 1.82) is 0 Å². The number of likely N-dealkylation sites (N-methyl/N-ethyl adjacent to an activating group) is 1. The van der Waals surface area contributed by atoms with Gasteiger partial charge in [0.15, 0.2) is 0 Å². The number of hydrogen-bond acceptors (Lipinski definition) is 3. The second kappa shape index (κ2) is 7.14. The van der Waals surface area contributed by atoms with Gasteiger partial charge < -0.3 is 15.0 Å². The number of fused-ring (bicyclic) bond motifs is 3. The van der Waals surface area contributed by atoms with Crippen molar-refractivity contribution < 1.29 is 9.53 Å². The molecule has 4 nitrogen and oxygen atoms in total. The first-order valence-corrected chi connectivity index (χ1v) is 9.34. The molecular weight excluding hydrogens is 300 g/mol. The quantitative estimate of drug-likeness (QED) is 0.805. The van der Waals surface area contributed by atoms with Gasteiger partial charge in [-0.3, -0.25) is 0 Å². The summed E-state index contributed by atoms with van der Waals surface area (Å²) in [5.41, 5.74) is 2.96. The van der Waals surface area contributed by atoms with Gasteiger partial charge in [0.25, 0.3) is 0 Å². The lowest BCUT2D eigenvalue weighted by molar-refractivity contribution is 0.200. The molecule has 0 spiro atoms. The van der Waals surface area contributed by atoms with Crippen molar-refractivity contribution in [2.75, 3.05) is 20.1 Å². The van der Waals surface area contributed by atoms with Crippen molar-refractivity contribution >= 4 is 6.09 Å². The molecule has 1 aliphatic carbocycles. The molecule has 1 fully saturated rings. The van der Waals surface area contributed by atoms with Gasteiger partial charge in [-0.15, -0.1) is 0 Å². The molecule has 0 aromatic heterocycles. The second-order valence-electron chi connectivity index (χ2n) is 7.56. The fourth-order valence-corrected chi connectivity index (χ4v) is 4.34. The average Bonchev–Trinajstić information content (AvgIpc) is 3.01. The lowest BCUT2D eigenvalue weighted by Crippen LogP contribution is -2.35. The Kier molecular flexibility index (Phi) is 5.14. The van der Waals surface area contributed by atoms with E-state index in [9.17, 15) is 4.79 Å². The van der Waals surface area contributed by atoms with Crippen LogP contribution in [-0.4, -0.2) is 37.2 Å². The van der Waals surface area contributed by atoms with E-state index in [2.05, 4.69) is 43.2 Å². The van der Waals surface area contributed by atoms with Gasteiger partial charge in [0.1, 0.15) is 5.75 Å². The molecule has 1 N–H and O–H groups in total. The molecule has 1 heterocycles. The molecule has 0 radical (unpaired) electrons. The van der Waals surface area contributed by atoms with Gasteiger partial charge in [0, 0.05) is 18.0 Å². The summed E-state index contributed by atoms with van der Waals surface area (Å²) in [6.45, 7) is 6.37. The Bertz CT molecular complexity index is 601. The highest BCUT2D eigenvalue weighted by molar-refractivity contribution is 5.70. The molecule has 1 amide bonds. The van der Waals surface area contributed by atoms with Gasteiger partial charge >= 0.3 is 6.09 Å². The summed E-state index contributed by atoms with van der Waals surface area (Å²) >= 11 is 0. The predicted octanol–water partition coefficient (Wildman–Crippen LogP) is 3.87. The van der Waals surface area contributed by atoms with Gasteiger partial charge in [0.2, 0.25) is 0 Å². The molecule has 1 saturated heterocycles. The Labute approximate surface area is 145 Å². The van der Waals surface area contributed by atoms with E-state index in [0.717, 1.165) is 25.8 Å². The van der Waals surface area contributed by atoms with E-state index in [1.165, 1.54) is 30.4 Å². The highest BCUT2D eigenvalue weighted by atomic mass is 16.6. The van der Waals surface area contributed by atoms with Crippen LogP contribution in [-0.2, 0) is 11.8 Å². The third-order valence-electron chi connectivity index (χ3n) is 5.87. The van der Waals surface area contributed by atoms with Crippen molar-refractivity contribution in [3.8, 4) is 5.75 Å². The van der Waals surface area contributed by atoms with E-state index in [4.69, 9.17) is 4.74 Å². The Morgan fingerprint density at radius 2 is 2.21 bits per heavy atom. The minimum atomic E-state index is -0.338. The van der Waals surface area contributed by atoms with Crippen LogP contribution in [0.15, 0.2) is 18.2 Å². The Balaban J connectivity index is 1.59. The van der Waals surface area contributed by atoms with E-state index >= 15 is 0 Å². The number of rotatable bonds is 6. The second-order valence-corrected chi connectivity index (χ2v) is 7.56. The lowest BCUT2D eigenvalue weighted by Gasteiger charge is -2.27. The lowest BCUT2D eigenvalue weighted by atomic mass is 9.80. The van der Waals surface area contributed by atoms with Gasteiger partial charge in [-0.05, 0) is 56.1 Å². The van der Waals surface area contributed by atoms with Gasteiger partial charge in [-0.2, -0.15) is 0 Å². The fourth-order valence-electron chi connectivity index (χ4n) is 4.34. The number of unbranched alkanes of at least 4 members (excludes halogenated alkanes) is 3. The molecule has 0 unspecified atom stereocenters. The topological polar surface area (TPSA) is 41.6 Å². The van der Waals surface area contributed by atoms with E-state index in [1.54, 1.807) is 0 Å². The molecular formula is C20H30N2O2. The summed E-state index contributed by atoms with van der Waals surface area (Å²) in [5.74, 6) is 0.663. The molecule has 2 aliphatic rings. The number of amides is 1. The smallest absolute Gasteiger partial charge is 0.410 e. The molecule has 1 aromatic rings. The van der Waals surface area contributed by atoms with Gasteiger partial charge in [-0.25, -0.2) is 4.79 Å². The van der Waals surface area contributed by atoms with Gasteiger partial charge in [0.05, 0.1) is 0 Å². The molecule has 132 valence electrons. The van der Waals surface area contributed by atoms with E-state index in [-0.39, 0.29) is 11.5 Å². The van der Waals surface area contributed by atoms with Crippen molar-refractivity contribution in [3.63, 3.8) is 0 Å². The summed E-state index contributed by atoms with van der Waals surface area (Å²) in [6.07, 6.45) is 6.53. The summed E-state index contributed by atoms with van der Waals surface area (Å²) in [7, 11) is 2.21. The summed E-state index contributed by atoms with van der Waals surface area (Å²) in [5, 5.41) is 2.85. The van der Waals surface area contributed by atoms with Crippen LogP contribution in [0.2, 0.25) is 0 Å². The molecule has 0 bridgehead atoms. The van der Waals surface area contributed by atoms with E-state index in [0.29, 0.717) is 18.3 Å². The largest absolute Gasteiger partial charge is 0.412 e. The van der Waals surface area contributed by atoms with Crippen LogP contribution in [0.5, 0.6) is 5.75 Å². The standard InChI is InChI=1S/C20H30N2O2/c1-4-5-6-7-11-21-19(23)24-16-9-8-15-13-18-20(2,17(15)14-16)10-12-22(18)3/h8-9,14,18H,4-7,10-13H2,1-3H3,(H,21,23)/t18-,20+/m0/s1. The van der Waals surface area contributed by atoms with Crippen molar-refractivity contribution in [3.05, 3.63) is 29.3 Å². The summed E-state index contributed by atoms with van der Waals surface area (Å²) in [6, 6.07) is 6.73. The van der Waals surface area contributed by atoms with E-state index in [1.807, 2.05) is 6.07 Å². The number of likely N-dealkylation sites (tertiary alicyclic amines) is 1. The number of hydrogen-bond donors (Lipinski definition) is 1. The normalized spacial score (nSPS) is 25.4. The van der Waals surface area contributed by atoms with E-state index < -0.39 is 0 Å². The molecule has 4 heteroatoms. The molecule has 1 aliphatic heterocycles. The highest BCUT2D eigenvalue weighted by Crippen LogP contribution is 2.48. The van der Waals surface area contributed by atoms with Crippen molar-refractivity contribution in [2.24, 2.45) is 0 Å². The van der Waals surface area contributed by atoms with Crippen LogP contribution in [0.1, 0.15) is 57.1 Å². The zero-order valence-corrected chi connectivity index (χ0v) is 15.2. The molecule has 1 aromatic carbocycles. The minimum absolute atomic E-state index is 0.195. The maximum Gasteiger partial charge on any atom is 0.412 e. The Morgan fingerprint density at radius 3 is 3.00 bits per heavy atom.